The van der Waals surface area contributed by atoms with E-state index in [1.807, 2.05) is 30.5 Å². The Hall–Kier alpha value is -2.42. The van der Waals surface area contributed by atoms with Gasteiger partial charge in [0.25, 0.3) is 5.91 Å². The summed E-state index contributed by atoms with van der Waals surface area (Å²) >= 11 is 0. The average molecular weight is 599 g/mol. The molecule has 0 spiro atoms. The van der Waals surface area contributed by atoms with Crippen LogP contribution in [-0.2, 0) is 13.6 Å². The third-order valence-corrected chi connectivity index (χ3v) is 17.9. The van der Waals surface area contributed by atoms with Gasteiger partial charge in [0, 0.05) is 17.3 Å². The Morgan fingerprint density at radius 1 is 0.976 bits per heavy atom. The topological polar surface area (TPSA) is 107 Å². The van der Waals surface area contributed by atoms with E-state index in [1.54, 1.807) is 16.5 Å². The lowest BCUT2D eigenvalue weighted by Crippen LogP contribution is -2.53. The Kier molecular flexibility index (Phi) is 8.72. The molecular weight excluding hydrogens is 553 g/mol. The third kappa shape index (κ3) is 6.50. The molecule has 1 aliphatic heterocycles. The number of carbonyl (C=O) groups is 1. The van der Waals surface area contributed by atoms with Crippen LogP contribution in [-0.4, -0.2) is 66.9 Å². The van der Waals surface area contributed by atoms with Gasteiger partial charge in [-0.1, -0.05) is 59.7 Å². The van der Waals surface area contributed by atoms with E-state index >= 15 is 0 Å². The number of ether oxygens (including phenoxy) is 1. The summed E-state index contributed by atoms with van der Waals surface area (Å²) in [6.45, 7) is 21.9. The third-order valence-electron chi connectivity index (χ3n) is 8.97. The zero-order valence-electron chi connectivity index (χ0n) is 26.1. The van der Waals surface area contributed by atoms with Crippen LogP contribution < -0.4 is 5.32 Å². The first kappa shape index (κ1) is 31.5. The maximum atomic E-state index is 12.9. The van der Waals surface area contributed by atoms with Gasteiger partial charge in [0.15, 0.2) is 16.6 Å². The van der Waals surface area contributed by atoms with Gasteiger partial charge in [0.1, 0.15) is 36.4 Å². The minimum absolute atomic E-state index is 0.0289. The van der Waals surface area contributed by atoms with Crippen molar-refractivity contribution in [3.63, 3.8) is 0 Å². The summed E-state index contributed by atoms with van der Waals surface area (Å²) in [6, 6.07) is 10.9. The van der Waals surface area contributed by atoms with E-state index in [0.29, 0.717) is 17.2 Å². The van der Waals surface area contributed by atoms with Crippen LogP contribution in [0.5, 0.6) is 0 Å². The molecule has 4 rings (SSSR count). The monoisotopic (exact) mass is 598 g/mol. The van der Waals surface area contributed by atoms with E-state index in [-0.39, 0.29) is 22.6 Å². The number of amides is 1. The van der Waals surface area contributed by atoms with Crippen LogP contribution in [0.4, 0.5) is 5.95 Å². The smallest absolute Gasteiger partial charge is 0.257 e. The van der Waals surface area contributed by atoms with Crippen molar-refractivity contribution in [1.29, 1.82) is 0 Å². The van der Waals surface area contributed by atoms with Crippen LogP contribution in [0.3, 0.4) is 0 Å². The molecule has 0 aliphatic carbocycles. The quantitative estimate of drug-likeness (QED) is 0.298. The Labute approximate surface area is 245 Å². The van der Waals surface area contributed by atoms with Gasteiger partial charge in [-0.05, 0) is 54.5 Å². The first-order valence-electron chi connectivity index (χ1n) is 14.3. The molecule has 41 heavy (non-hydrogen) atoms. The largest absolute Gasteiger partial charge is 0.408 e. The molecule has 0 unspecified atom stereocenters. The summed E-state index contributed by atoms with van der Waals surface area (Å²) < 4.78 is 22.3. The molecule has 1 amide bonds. The number of benzene rings is 1. The Balaban J connectivity index is 1.74. The number of aromatic nitrogens is 3. The zero-order valence-corrected chi connectivity index (χ0v) is 28.1. The van der Waals surface area contributed by atoms with E-state index in [4.69, 9.17) is 13.6 Å². The molecule has 1 fully saturated rings. The molecule has 3 heterocycles. The van der Waals surface area contributed by atoms with Gasteiger partial charge >= 0.3 is 0 Å². The van der Waals surface area contributed by atoms with Gasteiger partial charge in [-0.3, -0.25) is 14.5 Å². The number of nitrogens with one attached hydrogen (secondary N) is 1. The van der Waals surface area contributed by atoms with Crippen molar-refractivity contribution in [3.8, 4) is 0 Å². The number of nitrogens with zero attached hydrogens (tertiary/aromatic N) is 3. The molecule has 2 N–H and O–H groups in total. The van der Waals surface area contributed by atoms with Gasteiger partial charge in [-0.25, -0.2) is 9.97 Å². The van der Waals surface area contributed by atoms with E-state index < -0.39 is 41.1 Å². The molecule has 1 saturated heterocycles. The van der Waals surface area contributed by atoms with Crippen LogP contribution in [0.1, 0.15) is 63.6 Å². The van der Waals surface area contributed by atoms with Crippen molar-refractivity contribution < 1.29 is 23.5 Å². The number of anilines is 1. The second-order valence-electron chi connectivity index (χ2n) is 14.0. The molecule has 1 aliphatic rings. The van der Waals surface area contributed by atoms with E-state index in [0.717, 1.165) is 5.56 Å². The fourth-order valence-electron chi connectivity index (χ4n) is 4.40. The highest BCUT2D eigenvalue weighted by Gasteiger charge is 2.54. The van der Waals surface area contributed by atoms with Gasteiger partial charge in [-0.15, -0.1) is 0 Å². The Bertz CT molecular complexity index is 1360. The number of aliphatic hydroxyl groups excluding tert-OH is 1. The molecule has 0 radical (unpaired) electrons. The summed E-state index contributed by atoms with van der Waals surface area (Å²) in [5.41, 5.74) is 1.97. The van der Waals surface area contributed by atoms with Crippen LogP contribution in [0.15, 0.2) is 48.9 Å². The second kappa shape index (κ2) is 11.3. The lowest BCUT2D eigenvalue weighted by molar-refractivity contribution is -0.0202. The van der Waals surface area contributed by atoms with Crippen LogP contribution >= 0.6 is 0 Å². The van der Waals surface area contributed by atoms with Gasteiger partial charge < -0.3 is 18.7 Å². The van der Waals surface area contributed by atoms with Gasteiger partial charge in [-0.2, -0.15) is 0 Å². The van der Waals surface area contributed by atoms with Crippen molar-refractivity contribution in [2.45, 2.75) is 102 Å². The fraction of sp³-hybridized carbons (Fsp3) is 0.567. The Morgan fingerprint density at radius 3 is 2.12 bits per heavy atom. The highest BCUT2D eigenvalue weighted by Crippen LogP contribution is 2.47. The van der Waals surface area contributed by atoms with E-state index in [9.17, 15) is 9.90 Å². The minimum Gasteiger partial charge on any atom is -0.408 e. The predicted octanol–water partition coefficient (Wildman–Crippen LogP) is 6.19. The summed E-state index contributed by atoms with van der Waals surface area (Å²) in [5.74, 6) is 0.0861. The van der Waals surface area contributed by atoms with Gasteiger partial charge in [0.2, 0.25) is 5.95 Å². The number of hydrogen-bond acceptors (Lipinski definition) is 7. The Morgan fingerprint density at radius 2 is 1.56 bits per heavy atom. The number of fused-ring (bicyclic) bond motifs is 1. The highest BCUT2D eigenvalue weighted by molar-refractivity contribution is 6.74. The molecule has 9 nitrogen and oxygen atoms in total. The van der Waals surface area contributed by atoms with Crippen LogP contribution in [0, 0.1) is 0 Å². The lowest BCUT2D eigenvalue weighted by Gasteiger charge is -2.44. The van der Waals surface area contributed by atoms with Crippen molar-refractivity contribution in [2.75, 3.05) is 11.9 Å². The maximum Gasteiger partial charge on any atom is 0.257 e. The highest BCUT2D eigenvalue weighted by atomic mass is 28.4. The summed E-state index contributed by atoms with van der Waals surface area (Å²) in [4.78, 5) is 21.7. The SMILES string of the molecule is CC(C)(C)[Si](C)(C)O[C@@H]1[C@H](O[Si](C)(C)C(C)(C)C)[C@@H](CO)O[C@H]1c1cc2ncnc(NC(=O)c3ccccc3)n2c1. The second-order valence-corrected chi connectivity index (χ2v) is 23.5. The number of carbonyl (C=O) groups excluding carboxylic acids is 1. The molecule has 3 aromatic rings. The van der Waals surface area contributed by atoms with E-state index in [2.05, 4.69) is 83.0 Å². The fourth-order valence-corrected chi connectivity index (χ4v) is 7.02. The molecule has 224 valence electrons. The van der Waals surface area contributed by atoms with Crippen molar-refractivity contribution in [1.82, 2.24) is 14.4 Å². The molecule has 0 bridgehead atoms. The van der Waals surface area contributed by atoms with Gasteiger partial charge in [0.05, 0.1) is 6.61 Å². The maximum absolute atomic E-state index is 12.9. The van der Waals surface area contributed by atoms with Crippen molar-refractivity contribution >= 4 is 34.1 Å². The standard InChI is InChI=1S/C30H46N4O5Si2/c1-29(2,3)40(7,8)38-25-22(18-35)37-24(26(25)39-41(9,10)30(4,5)6)21-16-23-31-19-32-28(34(23)17-21)33-27(36)20-14-12-11-13-15-20/h11-17,19,22,24-26,35H,18H2,1-10H3,(H,31,32,33,36)/t22-,24+,25-,26+/m1/s1. The van der Waals surface area contributed by atoms with Crippen LogP contribution in [0.2, 0.25) is 36.3 Å². The zero-order chi connectivity index (χ0) is 30.4. The predicted molar refractivity (Wildman–Crippen MR) is 166 cm³/mol. The van der Waals surface area contributed by atoms with Crippen LogP contribution in [0.25, 0.3) is 5.65 Å². The normalized spacial score (nSPS) is 22.3. The molecule has 0 saturated carbocycles. The summed E-state index contributed by atoms with van der Waals surface area (Å²) in [7, 11) is -4.52. The lowest BCUT2D eigenvalue weighted by atomic mass is 10.0. The minimum atomic E-state index is -2.28. The average Bonchev–Trinajstić information content (AvgIpc) is 3.45. The molecule has 1 aromatic carbocycles. The van der Waals surface area contributed by atoms with E-state index in [1.165, 1.54) is 6.33 Å². The first-order valence-corrected chi connectivity index (χ1v) is 20.1. The summed E-state index contributed by atoms with van der Waals surface area (Å²) in [6.07, 6.45) is 1.39. The number of rotatable bonds is 8. The molecule has 4 atom stereocenters. The summed E-state index contributed by atoms with van der Waals surface area (Å²) in [5, 5.41) is 13.3. The molecular formula is C30H46N4O5Si2. The van der Waals surface area contributed by atoms with Crippen molar-refractivity contribution in [3.05, 3.63) is 60.0 Å². The molecule has 11 heteroatoms. The first-order chi connectivity index (χ1) is 18.9. The number of aliphatic hydroxyl groups is 1. The molecule has 2 aromatic heterocycles. The number of hydrogen-bond donors (Lipinski definition) is 2. The van der Waals surface area contributed by atoms with Crippen molar-refractivity contribution in [2.24, 2.45) is 0 Å².